The van der Waals surface area contributed by atoms with Crippen LogP contribution in [0.4, 0.5) is 0 Å². The molecule has 1 saturated heterocycles. The monoisotopic (exact) mass is 167 g/mol. The zero-order valence-electron chi connectivity index (χ0n) is 8.08. The van der Waals surface area contributed by atoms with Crippen molar-refractivity contribution >= 4 is 0 Å². The summed E-state index contributed by atoms with van der Waals surface area (Å²) in [5.41, 5.74) is 0.133. The van der Waals surface area contributed by atoms with E-state index < -0.39 is 0 Å². The number of fused-ring (bicyclic) bond motifs is 2. The van der Waals surface area contributed by atoms with E-state index in [-0.39, 0.29) is 5.54 Å². The van der Waals surface area contributed by atoms with Gasteiger partial charge in [0.1, 0.15) is 0 Å². The van der Waals surface area contributed by atoms with Crippen LogP contribution in [0, 0.1) is 0 Å². The highest BCUT2D eigenvalue weighted by molar-refractivity contribution is 5.07. The van der Waals surface area contributed by atoms with Gasteiger partial charge in [-0.1, -0.05) is 12.2 Å². The summed E-state index contributed by atoms with van der Waals surface area (Å²) in [7, 11) is 0. The zero-order chi connectivity index (χ0) is 8.77. The molecule has 0 N–H and O–H groups in total. The van der Waals surface area contributed by atoms with Crippen LogP contribution < -0.4 is 0 Å². The maximum Gasteiger partial charge on any atom is 0.0975 e. The second-order valence-corrected chi connectivity index (χ2v) is 4.67. The molecule has 2 aliphatic heterocycles. The van der Waals surface area contributed by atoms with Crippen LogP contribution >= 0.6 is 0 Å². The highest BCUT2D eigenvalue weighted by Crippen LogP contribution is 2.32. The van der Waals surface area contributed by atoms with E-state index in [1.807, 2.05) is 0 Å². The van der Waals surface area contributed by atoms with Crippen LogP contribution in [0.5, 0.6) is 0 Å². The lowest BCUT2D eigenvalue weighted by Crippen LogP contribution is -2.54. The molecule has 1 fully saturated rings. The number of hydrogen-bond donors (Lipinski definition) is 0. The van der Waals surface area contributed by atoms with Crippen LogP contribution in [-0.4, -0.2) is 22.7 Å². The molecule has 2 unspecified atom stereocenters. The fraction of sp³-hybridized carbons (Fsp3) is 0.800. The SMILES string of the molecule is CC(C)(C)N1OC2C=CC1CC2. The Morgan fingerprint density at radius 1 is 1.25 bits per heavy atom. The van der Waals surface area contributed by atoms with Gasteiger partial charge in [-0.15, -0.1) is 0 Å². The van der Waals surface area contributed by atoms with Crippen molar-refractivity contribution in [2.45, 2.75) is 51.3 Å². The first kappa shape index (κ1) is 8.27. The number of hydroxylamine groups is 2. The summed E-state index contributed by atoms with van der Waals surface area (Å²) in [5, 5.41) is 2.14. The molecule has 0 aromatic heterocycles. The quantitative estimate of drug-likeness (QED) is 0.512. The summed E-state index contributed by atoms with van der Waals surface area (Å²) in [5.74, 6) is 0. The molecular weight excluding hydrogens is 150 g/mol. The topological polar surface area (TPSA) is 12.5 Å². The number of rotatable bonds is 0. The predicted molar refractivity (Wildman–Crippen MR) is 48.6 cm³/mol. The largest absolute Gasteiger partial charge is 0.290 e. The summed E-state index contributed by atoms with van der Waals surface area (Å²) >= 11 is 0. The Labute approximate surface area is 74.1 Å². The van der Waals surface area contributed by atoms with Crippen molar-refractivity contribution in [3.05, 3.63) is 12.2 Å². The van der Waals surface area contributed by atoms with Crippen LogP contribution in [0.2, 0.25) is 0 Å². The van der Waals surface area contributed by atoms with E-state index >= 15 is 0 Å². The first-order valence-corrected chi connectivity index (χ1v) is 4.72. The Morgan fingerprint density at radius 2 is 2.00 bits per heavy atom. The van der Waals surface area contributed by atoms with Gasteiger partial charge in [0.25, 0.3) is 0 Å². The van der Waals surface area contributed by atoms with Gasteiger partial charge < -0.3 is 0 Å². The molecule has 3 aliphatic rings. The molecule has 2 heteroatoms. The summed E-state index contributed by atoms with van der Waals surface area (Å²) in [6.45, 7) is 6.59. The molecule has 3 rings (SSSR count). The van der Waals surface area contributed by atoms with Gasteiger partial charge in [-0.2, -0.15) is 5.06 Å². The van der Waals surface area contributed by atoms with E-state index in [1.165, 1.54) is 12.8 Å². The van der Waals surface area contributed by atoms with Crippen molar-refractivity contribution < 1.29 is 4.84 Å². The second-order valence-electron chi connectivity index (χ2n) is 4.67. The minimum Gasteiger partial charge on any atom is -0.290 e. The zero-order valence-corrected chi connectivity index (χ0v) is 8.08. The Kier molecular flexibility index (Phi) is 1.77. The minimum atomic E-state index is 0.133. The van der Waals surface area contributed by atoms with Crippen molar-refractivity contribution in [1.82, 2.24) is 5.06 Å². The van der Waals surface area contributed by atoms with Crippen LogP contribution in [0.3, 0.4) is 0 Å². The molecule has 0 aromatic rings. The Hall–Kier alpha value is -0.340. The Morgan fingerprint density at radius 3 is 2.25 bits per heavy atom. The first-order valence-electron chi connectivity index (χ1n) is 4.72. The van der Waals surface area contributed by atoms with Crippen molar-refractivity contribution in [1.29, 1.82) is 0 Å². The molecule has 2 heterocycles. The van der Waals surface area contributed by atoms with Gasteiger partial charge in [-0.25, -0.2) is 0 Å². The average molecular weight is 167 g/mol. The fourth-order valence-electron chi connectivity index (χ4n) is 1.94. The molecule has 68 valence electrons. The molecule has 2 nitrogen and oxygen atoms in total. The molecule has 0 radical (unpaired) electrons. The lowest BCUT2D eigenvalue weighted by molar-refractivity contribution is -0.275. The molecule has 1 aliphatic carbocycles. The molecule has 12 heavy (non-hydrogen) atoms. The third-order valence-electron chi connectivity index (χ3n) is 2.51. The second kappa shape index (κ2) is 2.57. The maximum absolute atomic E-state index is 5.80. The van der Waals surface area contributed by atoms with Crippen molar-refractivity contribution in [3.8, 4) is 0 Å². The molecule has 0 saturated carbocycles. The Bertz CT molecular complexity index is 204. The number of hydrogen-bond acceptors (Lipinski definition) is 2. The van der Waals surface area contributed by atoms with Crippen LogP contribution in [0.15, 0.2) is 12.2 Å². The third-order valence-corrected chi connectivity index (χ3v) is 2.51. The van der Waals surface area contributed by atoms with E-state index in [0.717, 1.165) is 0 Å². The summed E-state index contributed by atoms with van der Waals surface area (Å²) in [6.07, 6.45) is 7.25. The van der Waals surface area contributed by atoms with Gasteiger partial charge in [0, 0.05) is 5.54 Å². The van der Waals surface area contributed by atoms with Gasteiger partial charge in [-0.05, 0) is 33.6 Å². The first-order chi connectivity index (χ1) is 5.57. The fourth-order valence-corrected chi connectivity index (χ4v) is 1.94. The molecule has 2 atom stereocenters. The summed E-state index contributed by atoms with van der Waals surface area (Å²) < 4.78 is 0. The summed E-state index contributed by atoms with van der Waals surface area (Å²) in [4.78, 5) is 5.80. The van der Waals surface area contributed by atoms with Crippen molar-refractivity contribution in [2.75, 3.05) is 0 Å². The highest BCUT2D eigenvalue weighted by atomic mass is 16.7. The molecule has 0 spiro atoms. The van der Waals surface area contributed by atoms with E-state index in [0.29, 0.717) is 12.1 Å². The highest BCUT2D eigenvalue weighted by Gasteiger charge is 2.37. The Balaban J connectivity index is 2.16. The van der Waals surface area contributed by atoms with E-state index in [4.69, 9.17) is 4.84 Å². The van der Waals surface area contributed by atoms with E-state index in [2.05, 4.69) is 38.0 Å². The van der Waals surface area contributed by atoms with Gasteiger partial charge in [0.2, 0.25) is 0 Å². The molecular formula is C10H17NO. The van der Waals surface area contributed by atoms with Crippen LogP contribution in [0.25, 0.3) is 0 Å². The molecule has 0 amide bonds. The van der Waals surface area contributed by atoms with E-state index in [1.54, 1.807) is 0 Å². The van der Waals surface area contributed by atoms with E-state index in [9.17, 15) is 0 Å². The maximum atomic E-state index is 5.80. The normalized spacial score (nSPS) is 35.9. The van der Waals surface area contributed by atoms with Crippen LogP contribution in [0.1, 0.15) is 33.6 Å². The minimum absolute atomic E-state index is 0.133. The average Bonchev–Trinajstić information content (AvgIpc) is 2.05. The van der Waals surface area contributed by atoms with Crippen molar-refractivity contribution in [3.63, 3.8) is 0 Å². The van der Waals surface area contributed by atoms with Crippen molar-refractivity contribution in [2.24, 2.45) is 0 Å². The van der Waals surface area contributed by atoms with Crippen LogP contribution in [-0.2, 0) is 4.84 Å². The van der Waals surface area contributed by atoms with Gasteiger partial charge >= 0.3 is 0 Å². The number of nitrogens with zero attached hydrogens (tertiary/aromatic N) is 1. The smallest absolute Gasteiger partial charge is 0.0975 e. The lowest BCUT2D eigenvalue weighted by Gasteiger charge is -2.47. The predicted octanol–water partition coefficient (Wildman–Crippen LogP) is 2.12. The lowest BCUT2D eigenvalue weighted by atomic mass is 9.94. The molecule has 2 bridgehead atoms. The van der Waals surface area contributed by atoms with Gasteiger partial charge in [-0.3, -0.25) is 4.84 Å². The molecule has 0 aromatic carbocycles. The third kappa shape index (κ3) is 1.29. The van der Waals surface area contributed by atoms with Gasteiger partial charge in [0.15, 0.2) is 0 Å². The summed E-state index contributed by atoms with van der Waals surface area (Å²) in [6, 6.07) is 0.509. The standard InChI is InChI=1S/C10H17NO/c1-10(2,3)11-8-4-6-9(12-11)7-5-8/h4,6,8-9H,5,7H2,1-3H3. The van der Waals surface area contributed by atoms with Gasteiger partial charge in [0.05, 0.1) is 12.1 Å².